The van der Waals surface area contributed by atoms with Gasteiger partial charge in [-0.1, -0.05) is 6.07 Å². The third-order valence-electron chi connectivity index (χ3n) is 4.25. The molecule has 1 aromatic rings. The van der Waals surface area contributed by atoms with E-state index < -0.39 is 44.0 Å². The minimum atomic E-state index is -3.68. The van der Waals surface area contributed by atoms with Crippen LogP contribution in [-0.2, 0) is 52.7 Å². The van der Waals surface area contributed by atoms with Crippen LogP contribution in [0.4, 0.5) is 0 Å². The lowest BCUT2D eigenvalue weighted by Crippen LogP contribution is -2.34. The van der Waals surface area contributed by atoms with Crippen molar-refractivity contribution in [2.45, 2.75) is 92.5 Å². The van der Waals surface area contributed by atoms with Crippen LogP contribution in [0.5, 0.6) is 0 Å². The monoisotopic (exact) mass is 673 g/mol. The molecule has 0 saturated carbocycles. The van der Waals surface area contributed by atoms with Gasteiger partial charge in [0.2, 0.25) is 0 Å². The van der Waals surface area contributed by atoms with Gasteiger partial charge in [-0.15, -0.1) is 0 Å². The van der Waals surface area contributed by atoms with Crippen molar-refractivity contribution in [3.63, 3.8) is 0 Å². The molecule has 0 bridgehead atoms. The first kappa shape index (κ1) is 38.9. The number of aromatic nitrogens is 1. The van der Waals surface area contributed by atoms with Gasteiger partial charge in [-0.2, -0.15) is 0 Å². The molecule has 1 atom stereocenters. The van der Waals surface area contributed by atoms with Crippen LogP contribution < -0.4 is 0 Å². The van der Waals surface area contributed by atoms with Crippen molar-refractivity contribution in [2.75, 3.05) is 32.6 Å². The fraction of sp³-hybridized carbons (Fsp3) is 0.731. The number of esters is 2. The molecule has 0 spiro atoms. The van der Waals surface area contributed by atoms with E-state index in [-0.39, 0.29) is 39.0 Å². The molecular weight excluding hydrogens is 628 g/mol. The standard InChI is InChI=1S/C16H25BrNO5P.C10H21O5P/c1-6-21-24(20,22-7-2)13(15(19)23-16(3,4)5)11-12-9-8-10-14(17)18-12;1-6-13-16(12,14-7-2)8-9(11)15-10(3,4)5/h8-10,13H,6-7,11H2,1-5H3;6-8H2,1-5H3. The summed E-state index contributed by atoms with van der Waals surface area (Å²) in [6, 6.07) is 5.33. The molecule has 0 aliphatic carbocycles. The molecule has 0 aliphatic rings. The zero-order valence-electron chi connectivity index (χ0n) is 25.4. The molecule has 11 nitrogen and oxygen atoms in total. The van der Waals surface area contributed by atoms with Crippen LogP contribution in [0.2, 0.25) is 0 Å². The Morgan fingerprint density at radius 3 is 1.70 bits per heavy atom. The Balaban J connectivity index is 0.000000829. The van der Waals surface area contributed by atoms with Crippen LogP contribution in [-0.4, -0.2) is 66.4 Å². The highest BCUT2D eigenvalue weighted by molar-refractivity contribution is 9.10. The Kier molecular flexibility index (Phi) is 17.2. The Morgan fingerprint density at radius 1 is 0.825 bits per heavy atom. The molecular formula is C26H46BrNO10P2. The van der Waals surface area contributed by atoms with Crippen molar-refractivity contribution < 1.29 is 46.3 Å². The molecule has 0 amide bonds. The fourth-order valence-corrected chi connectivity index (χ4v) is 6.77. The van der Waals surface area contributed by atoms with Gasteiger partial charge in [-0.05, 0) is 97.3 Å². The van der Waals surface area contributed by atoms with E-state index in [1.165, 1.54) is 0 Å². The van der Waals surface area contributed by atoms with E-state index in [0.717, 1.165) is 0 Å². The number of pyridine rings is 1. The number of hydrogen-bond donors (Lipinski definition) is 0. The largest absolute Gasteiger partial charge is 0.459 e. The number of halogens is 1. The smallest absolute Gasteiger partial charge is 0.345 e. The molecule has 40 heavy (non-hydrogen) atoms. The molecule has 0 fully saturated rings. The Morgan fingerprint density at radius 2 is 1.30 bits per heavy atom. The fourth-order valence-electron chi connectivity index (χ4n) is 3.09. The summed E-state index contributed by atoms with van der Waals surface area (Å²) in [6.45, 7) is 18.1. The number of ether oxygens (including phenoxy) is 2. The van der Waals surface area contributed by atoms with Crippen LogP contribution in [0.15, 0.2) is 22.8 Å². The summed E-state index contributed by atoms with van der Waals surface area (Å²) in [5.74, 6) is -1.19. The molecule has 232 valence electrons. The van der Waals surface area contributed by atoms with Crippen LogP contribution in [0.3, 0.4) is 0 Å². The number of carbonyl (C=O) groups excluding carboxylic acids is 2. The molecule has 1 aromatic heterocycles. The third-order valence-corrected chi connectivity index (χ3v) is 9.03. The van der Waals surface area contributed by atoms with Gasteiger partial charge in [-0.3, -0.25) is 18.7 Å². The van der Waals surface area contributed by atoms with Gasteiger partial charge in [-0.25, -0.2) is 4.98 Å². The van der Waals surface area contributed by atoms with Crippen LogP contribution in [0.25, 0.3) is 0 Å². The van der Waals surface area contributed by atoms with E-state index in [9.17, 15) is 18.7 Å². The van der Waals surface area contributed by atoms with E-state index in [0.29, 0.717) is 10.3 Å². The topological polar surface area (TPSA) is 137 Å². The SMILES string of the molecule is CCOP(=O)(CC(=O)OC(C)(C)C)OCC.CCOP(=O)(OCC)C(Cc1cccc(Br)n1)C(=O)OC(C)(C)C. The summed E-state index contributed by atoms with van der Waals surface area (Å²) in [4.78, 5) is 28.4. The molecule has 1 rings (SSSR count). The van der Waals surface area contributed by atoms with E-state index in [4.69, 9.17) is 27.6 Å². The van der Waals surface area contributed by atoms with Crippen molar-refractivity contribution in [3.05, 3.63) is 28.5 Å². The van der Waals surface area contributed by atoms with Crippen molar-refractivity contribution in [3.8, 4) is 0 Å². The van der Waals surface area contributed by atoms with E-state index in [2.05, 4.69) is 20.9 Å². The van der Waals surface area contributed by atoms with Crippen molar-refractivity contribution in [1.82, 2.24) is 4.98 Å². The normalized spacial score (nSPS) is 13.2. The minimum absolute atomic E-state index is 0.103. The second-order valence-electron chi connectivity index (χ2n) is 10.3. The Labute approximate surface area is 247 Å². The lowest BCUT2D eigenvalue weighted by atomic mass is 10.2. The molecule has 0 aliphatic heterocycles. The predicted molar refractivity (Wildman–Crippen MR) is 158 cm³/mol. The van der Waals surface area contributed by atoms with Crippen molar-refractivity contribution >= 4 is 43.1 Å². The summed E-state index contributed by atoms with van der Waals surface area (Å²) in [5, 5.41) is 0. The molecule has 14 heteroatoms. The summed E-state index contributed by atoms with van der Waals surface area (Å²) in [6.07, 6.45) is -0.239. The average Bonchev–Trinajstić information content (AvgIpc) is 2.75. The maximum Gasteiger partial charge on any atom is 0.345 e. The summed E-state index contributed by atoms with van der Waals surface area (Å²) < 4.78 is 56.9. The number of hydrogen-bond acceptors (Lipinski definition) is 11. The predicted octanol–water partition coefficient (Wildman–Crippen LogP) is 6.96. The summed E-state index contributed by atoms with van der Waals surface area (Å²) >= 11 is 3.29. The lowest BCUT2D eigenvalue weighted by Gasteiger charge is -2.28. The van der Waals surface area contributed by atoms with Gasteiger partial charge in [0.15, 0.2) is 5.66 Å². The Hall–Kier alpha value is -1.13. The number of nitrogens with zero attached hydrogens (tertiary/aromatic N) is 1. The van der Waals surface area contributed by atoms with E-state index >= 15 is 0 Å². The second kappa shape index (κ2) is 17.7. The molecule has 1 heterocycles. The second-order valence-corrected chi connectivity index (χ2v) is 15.4. The number of rotatable bonds is 14. The van der Waals surface area contributed by atoms with Crippen molar-refractivity contribution in [1.29, 1.82) is 0 Å². The van der Waals surface area contributed by atoms with Gasteiger partial charge >= 0.3 is 27.1 Å². The van der Waals surface area contributed by atoms with Crippen LogP contribution in [0.1, 0.15) is 74.9 Å². The first-order chi connectivity index (χ1) is 18.3. The van der Waals surface area contributed by atoms with Crippen LogP contribution >= 0.6 is 31.1 Å². The highest BCUT2D eigenvalue weighted by Crippen LogP contribution is 2.54. The first-order valence-electron chi connectivity index (χ1n) is 13.2. The minimum Gasteiger partial charge on any atom is -0.459 e. The van der Waals surface area contributed by atoms with E-state index in [1.807, 2.05) is 0 Å². The van der Waals surface area contributed by atoms with Gasteiger partial charge in [0.1, 0.15) is 22.0 Å². The quantitative estimate of drug-likeness (QED) is 0.115. The summed E-state index contributed by atoms with van der Waals surface area (Å²) in [5.41, 5.74) is -1.78. The maximum atomic E-state index is 13.1. The average molecular weight is 675 g/mol. The van der Waals surface area contributed by atoms with E-state index in [1.54, 1.807) is 87.4 Å². The molecule has 0 aromatic carbocycles. The Bertz CT molecular complexity index is 1000. The number of carbonyl (C=O) groups is 2. The maximum absolute atomic E-state index is 13.1. The zero-order valence-corrected chi connectivity index (χ0v) is 28.7. The molecule has 0 N–H and O–H groups in total. The molecule has 0 radical (unpaired) electrons. The van der Waals surface area contributed by atoms with Gasteiger partial charge in [0, 0.05) is 12.1 Å². The zero-order chi connectivity index (χ0) is 31.2. The lowest BCUT2D eigenvalue weighted by molar-refractivity contribution is -0.155. The van der Waals surface area contributed by atoms with Crippen LogP contribution in [0, 0.1) is 0 Å². The van der Waals surface area contributed by atoms with Gasteiger partial charge in [0.05, 0.1) is 26.4 Å². The van der Waals surface area contributed by atoms with Gasteiger partial charge < -0.3 is 27.6 Å². The van der Waals surface area contributed by atoms with Gasteiger partial charge in [0.25, 0.3) is 0 Å². The highest BCUT2D eigenvalue weighted by atomic mass is 79.9. The molecule has 0 saturated heterocycles. The van der Waals surface area contributed by atoms with Crippen molar-refractivity contribution in [2.24, 2.45) is 0 Å². The first-order valence-corrected chi connectivity index (χ1v) is 17.3. The third kappa shape index (κ3) is 16.3. The molecule has 1 unspecified atom stereocenters. The summed E-state index contributed by atoms with van der Waals surface area (Å²) in [7, 11) is -7.02. The highest BCUT2D eigenvalue weighted by Gasteiger charge is 2.43.